The van der Waals surface area contributed by atoms with E-state index in [0.29, 0.717) is 11.5 Å². The lowest BCUT2D eigenvalue weighted by Gasteiger charge is -2.12. The number of H-pyrrole nitrogens is 1. The Labute approximate surface area is 160 Å². The van der Waals surface area contributed by atoms with E-state index in [9.17, 15) is 9.90 Å². The monoisotopic (exact) mass is 417 g/mol. The molecular formula is C20H20BrNO4. The molecule has 1 aromatic heterocycles. The summed E-state index contributed by atoms with van der Waals surface area (Å²) in [5.74, 6) is 0.312. The minimum atomic E-state index is -0.872. The number of carbonyl (C=O) groups is 1. The van der Waals surface area contributed by atoms with Crippen molar-refractivity contribution >= 4 is 32.8 Å². The number of benzene rings is 2. The van der Waals surface area contributed by atoms with Gasteiger partial charge in [0.15, 0.2) is 11.5 Å². The third-order valence-corrected chi connectivity index (χ3v) is 5.08. The third-order valence-electron chi connectivity index (χ3n) is 4.43. The zero-order chi connectivity index (χ0) is 19.0. The smallest absolute Gasteiger partial charge is 0.307 e. The predicted molar refractivity (Wildman–Crippen MR) is 105 cm³/mol. The van der Waals surface area contributed by atoms with Crippen LogP contribution < -0.4 is 9.47 Å². The summed E-state index contributed by atoms with van der Waals surface area (Å²) >= 11 is 3.58. The number of hydrogen-bond donors (Lipinski definition) is 2. The number of aromatic nitrogens is 1. The second kappa shape index (κ2) is 7.03. The molecule has 2 N–H and O–H groups in total. The maximum atomic E-state index is 11.5. The Balaban J connectivity index is 2.34. The number of aryl methyl sites for hydroxylation is 2. The number of fused-ring (bicyclic) bond motifs is 1. The minimum Gasteiger partial charge on any atom is -0.493 e. The Morgan fingerprint density at radius 1 is 1.12 bits per heavy atom. The lowest BCUT2D eigenvalue weighted by atomic mass is 10.00. The average Bonchev–Trinajstić information content (AvgIpc) is 2.92. The lowest BCUT2D eigenvalue weighted by molar-refractivity contribution is -0.136. The molecule has 0 aliphatic rings. The van der Waals surface area contributed by atoms with Crippen LogP contribution in [0.5, 0.6) is 11.5 Å². The van der Waals surface area contributed by atoms with Crippen molar-refractivity contribution in [1.82, 2.24) is 4.98 Å². The van der Waals surface area contributed by atoms with Gasteiger partial charge in [-0.1, -0.05) is 11.6 Å². The van der Waals surface area contributed by atoms with Gasteiger partial charge in [-0.25, -0.2) is 0 Å². The van der Waals surface area contributed by atoms with Crippen molar-refractivity contribution in [3.8, 4) is 22.8 Å². The molecule has 3 rings (SSSR count). The number of carboxylic acids is 1. The molecule has 0 fully saturated rings. The Kier molecular flexibility index (Phi) is 4.96. The van der Waals surface area contributed by atoms with E-state index in [4.69, 9.17) is 9.47 Å². The summed E-state index contributed by atoms with van der Waals surface area (Å²) in [7, 11) is 3.15. The molecule has 3 aromatic rings. The third kappa shape index (κ3) is 3.17. The summed E-state index contributed by atoms with van der Waals surface area (Å²) in [4.78, 5) is 14.9. The fourth-order valence-corrected chi connectivity index (χ4v) is 3.84. The highest BCUT2D eigenvalue weighted by Gasteiger charge is 2.20. The molecule has 5 nitrogen and oxygen atoms in total. The fraction of sp³-hybridized carbons (Fsp3) is 0.250. The van der Waals surface area contributed by atoms with Crippen LogP contribution in [0.2, 0.25) is 0 Å². The van der Waals surface area contributed by atoms with Crippen molar-refractivity contribution in [2.75, 3.05) is 14.2 Å². The van der Waals surface area contributed by atoms with Gasteiger partial charge in [-0.15, -0.1) is 0 Å². The molecule has 2 aromatic carbocycles. The minimum absolute atomic E-state index is 0.0704. The summed E-state index contributed by atoms with van der Waals surface area (Å²) in [6, 6.07) is 7.77. The molecule has 136 valence electrons. The molecular weight excluding hydrogens is 398 g/mol. The van der Waals surface area contributed by atoms with Crippen LogP contribution in [0, 0.1) is 13.8 Å². The maximum Gasteiger partial charge on any atom is 0.307 e. The SMILES string of the molecule is COc1cc(Br)c(-c2[nH]c3c(C)cc(C)cc3c2CC(=O)O)cc1OC. The standard InChI is InChI=1S/C20H20BrNO4/c1-10-5-11(2)19-12(6-10)13(8-18(23)24)20(22-19)14-7-16(25-3)17(26-4)9-15(14)21/h5-7,9,22H,8H2,1-4H3,(H,23,24). The molecule has 0 atom stereocenters. The molecule has 0 radical (unpaired) electrons. The molecule has 0 amide bonds. The van der Waals surface area contributed by atoms with Crippen molar-refractivity contribution in [3.63, 3.8) is 0 Å². The van der Waals surface area contributed by atoms with Gasteiger partial charge in [-0.05, 0) is 59.1 Å². The zero-order valence-corrected chi connectivity index (χ0v) is 16.7. The quantitative estimate of drug-likeness (QED) is 0.621. The van der Waals surface area contributed by atoms with Crippen LogP contribution >= 0.6 is 15.9 Å². The summed E-state index contributed by atoms with van der Waals surface area (Å²) < 4.78 is 11.5. The fourth-order valence-electron chi connectivity index (χ4n) is 3.32. The number of aliphatic carboxylic acids is 1. The van der Waals surface area contributed by atoms with Gasteiger partial charge < -0.3 is 19.6 Å². The number of halogens is 1. The molecule has 0 spiro atoms. The number of hydrogen-bond acceptors (Lipinski definition) is 3. The van der Waals surface area contributed by atoms with Crippen LogP contribution in [0.25, 0.3) is 22.2 Å². The largest absolute Gasteiger partial charge is 0.493 e. The van der Waals surface area contributed by atoms with Crippen molar-refractivity contribution in [2.45, 2.75) is 20.3 Å². The van der Waals surface area contributed by atoms with Crippen LogP contribution in [0.1, 0.15) is 16.7 Å². The molecule has 26 heavy (non-hydrogen) atoms. The zero-order valence-electron chi connectivity index (χ0n) is 15.1. The van der Waals surface area contributed by atoms with Gasteiger partial charge in [0.1, 0.15) is 0 Å². The van der Waals surface area contributed by atoms with Gasteiger partial charge in [-0.2, -0.15) is 0 Å². The molecule has 1 heterocycles. The van der Waals surface area contributed by atoms with Crippen LogP contribution in [0.15, 0.2) is 28.7 Å². The Hall–Kier alpha value is -2.47. The first kappa shape index (κ1) is 18.3. The van der Waals surface area contributed by atoms with Gasteiger partial charge in [0, 0.05) is 20.9 Å². The second-order valence-electron chi connectivity index (χ2n) is 6.24. The van der Waals surface area contributed by atoms with E-state index < -0.39 is 5.97 Å². The van der Waals surface area contributed by atoms with Crippen molar-refractivity contribution in [2.24, 2.45) is 0 Å². The average molecular weight is 418 g/mol. The molecule has 0 saturated carbocycles. The van der Waals surface area contributed by atoms with Gasteiger partial charge in [0.05, 0.1) is 26.3 Å². The molecule has 0 saturated heterocycles. The first-order valence-corrected chi connectivity index (χ1v) is 8.90. The van der Waals surface area contributed by atoms with Crippen molar-refractivity contribution in [1.29, 1.82) is 0 Å². The number of carboxylic acid groups (broad SMARTS) is 1. The second-order valence-corrected chi connectivity index (χ2v) is 7.09. The molecule has 0 bridgehead atoms. The van der Waals surface area contributed by atoms with E-state index in [2.05, 4.69) is 27.0 Å². The molecule has 6 heteroatoms. The van der Waals surface area contributed by atoms with E-state index >= 15 is 0 Å². The normalized spacial score (nSPS) is 11.0. The first-order chi connectivity index (χ1) is 12.3. The first-order valence-electron chi connectivity index (χ1n) is 8.11. The summed E-state index contributed by atoms with van der Waals surface area (Å²) in [6.45, 7) is 4.03. The van der Waals surface area contributed by atoms with E-state index in [1.807, 2.05) is 32.0 Å². The van der Waals surface area contributed by atoms with Gasteiger partial charge in [0.25, 0.3) is 0 Å². The topological polar surface area (TPSA) is 71.6 Å². The lowest BCUT2D eigenvalue weighted by Crippen LogP contribution is -2.01. The van der Waals surface area contributed by atoms with E-state index in [0.717, 1.165) is 43.3 Å². The van der Waals surface area contributed by atoms with E-state index in [1.54, 1.807) is 14.2 Å². The summed E-state index contributed by atoms with van der Waals surface area (Å²) in [6.07, 6.45) is -0.0704. The number of ether oxygens (including phenoxy) is 2. The van der Waals surface area contributed by atoms with E-state index in [1.165, 1.54) is 0 Å². The molecule has 0 unspecified atom stereocenters. The van der Waals surface area contributed by atoms with E-state index in [-0.39, 0.29) is 6.42 Å². The Morgan fingerprint density at radius 3 is 2.38 bits per heavy atom. The van der Waals surface area contributed by atoms with Crippen LogP contribution in [0.3, 0.4) is 0 Å². The number of methoxy groups -OCH3 is 2. The highest BCUT2D eigenvalue weighted by atomic mass is 79.9. The molecule has 0 aliphatic heterocycles. The maximum absolute atomic E-state index is 11.5. The predicted octanol–water partition coefficient (Wildman–Crippen LogP) is 4.86. The number of nitrogens with one attached hydrogen (secondary N) is 1. The summed E-state index contributed by atoms with van der Waals surface area (Å²) in [5, 5.41) is 10.4. The highest BCUT2D eigenvalue weighted by molar-refractivity contribution is 9.10. The van der Waals surface area contributed by atoms with Gasteiger partial charge in [0.2, 0.25) is 0 Å². The highest BCUT2D eigenvalue weighted by Crippen LogP contribution is 2.41. The van der Waals surface area contributed by atoms with Crippen LogP contribution in [0.4, 0.5) is 0 Å². The molecule has 0 aliphatic carbocycles. The number of rotatable bonds is 5. The van der Waals surface area contributed by atoms with Gasteiger partial charge in [-0.3, -0.25) is 4.79 Å². The summed E-state index contributed by atoms with van der Waals surface area (Å²) in [5.41, 5.74) is 5.47. The van der Waals surface area contributed by atoms with Crippen LogP contribution in [-0.2, 0) is 11.2 Å². The van der Waals surface area contributed by atoms with Crippen molar-refractivity contribution in [3.05, 3.63) is 45.4 Å². The number of aromatic amines is 1. The van der Waals surface area contributed by atoms with Gasteiger partial charge >= 0.3 is 5.97 Å². The van der Waals surface area contributed by atoms with Crippen molar-refractivity contribution < 1.29 is 19.4 Å². The van der Waals surface area contributed by atoms with Crippen LogP contribution in [-0.4, -0.2) is 30.3 Å². The Morgan fingerprint density at radius 2 is 1.77 bits per heavy atom. The Bertz CT molecular complexity index is 1010.